The van der Waals surface area contributed by atoms with Crippen LogP contribution in [0.3, 0.4) is 0 Å². The topological polar surface area (TPSA) is 32.8 Å². The summed E-state index contributed by atoms with van der Waals surface area (Å²) in [6.07, 6.45) is 10.0. The molecule has 2 aromatic heterocycles. The normalized spacial score (nSPS) is 14.9. The van der Waals surface area contributed by atoms with E-state index in [-0.39, 0.29) is 0 Å². The summed E-state index contributed by atoms with van der Waals surface area (Å²) in [6, 6.07) is 64.1. The van der Waals surface area contributed by atoms with Gasteiger partial charge in [0.05, 0.1) is 22.7 Å². The van der Waals surface area contributed by atoms with Gasteiger partial charge in [0.15, 0.2) is 11.2 Å². The lowest BCUT2D eigenvalue weighted by Gasteiger charge is -2.29. The molecule has 0 bridgehead atoms. The minimum Gasteiger partial charge on any atom is -0.454 e. The van der Waals surface area contributed by atoms with Gasteiger partial charge in [-0.2, -0.15) is 0 Å². The average Bonchev–Trinajstić information content (AvgIpc) is 4.27. The van der Waals surface area contributed by atoms with Crippen LogP contribution in [0, 0.1) is 0 Å². The molecule has 14 rings (SSSR count). The van der Waals surface area contributed by atoms with Crippen molar-refractivity contribution in [2.24, 2.45) is 0 Å². The van der Waals surface area contributed by atoms with Crippen LogP contribution in [0.1, 0.15) is 125 Å². The molecule has 12 aromatic rings. The van der Waals surface area contributed by atoms with Gasteiger partial charge in [0.1, 0.15) is 11.2 Å². The Hall–Kier alpha value is -7.56. The Morgan fingerprint density at radius 2 is 0.708 bits per heavy atom. The van der Waals surface area contributed by atoms with E-state index in [9.17, 15) is 0 Å². The van der Waals surface area contributed by atoms with Crippen LogP contribution < -0.4 is 9.80 Å². The first-order valence-corrected chi connectivity index (χ1v) is 26.8. The minimum absolute atomic E-state index is 0.421. The van der Waals surface area contributed by atoms with Crippen LogP contribution >= 0.6 is 0 Å². The highest BCUT2D eigenvalue weighted by Gasteiger charge is 2.29. The van der Waals surface area contributed by atoms with E-state index in [1.165, 1.54) is 117 Å². The van der Waals surface area contributed by atoms with Gasteiger partial charge in [-0.25, -0.2) is 0 Å². The van der Waals surface area contributed by atoms with Crippen molar-refractivity contribution in [3.05, 3.63) is 192 Å². The van der Waals surface area contributed by atoms with E-state index < -0.39 is 0 Å². The summed E-state index contributed by atoms with van der Waals surface area (Å²) in [7, 11) is 0. The Balaban J connectivity index is 1.000. The zero-order valence-corrected chi connectivity index (χ0v) is 41.8. The second kappa shape index (κ2) is 17.1. The molecule has 0 radical (unpaired) electrons. The van der Waals surface area contributed by atoms with Crippen LogP contribution in [0.4, 0.5) is 34.1 Å². The molecule has 2 fully saturated rings. The summed E-state index contributed by atoms with van der Waals surface area (Å²) in [5.74, 6) is 1.92. The molecular formula is C68H60N2O2. The van der Waals surface area contributed by atoms with E-state index in [1.807, 2.05) is 0 Å². The van der Waals surface area contributed by atoms with Crippen molar-refractivity contribution >= 4 is 110 Å². The van der Waals surface area contributed by atoms with E-state index in [2.05, 4.69) is 207 Å². The SMILES string of the molecule is CC(C)c1ccc(N(c2ccc3ccc4c(N(c5ccc(C(C)C)cc5)c5cccc6c5oc5c(C7CCCC7)cccc56)ccc5ccc2c3c54)c2cccc3c2oc2c(C4CCCC4)cccc23)cc1. The fourth-order valence-corrected chi connectivity index (χ4v) is 13.1. The first-order valence-electron chi connectivity index (χ1n) is 26.8. The summed E-state index contributed by atoms with van der Waals surface area (Å²) in [5, 5.41) is 12.1. The number of para-hydroxylation sites is 4. The molecule has 0 N–H and O–H groups in total. The van der Waals surface area contributed by atoms with Gasteiger partial charge in [-0.3, -0.25) is 0 Å². The smallest absolute Gasteiger partial charge is 0.159 e. The molecule has 0 amide bonds. The van der Waals surface area contributed by atoms with Crippen molar-refractivity contribution in [2.75, 3.05) is 9.80 Å². The molecule has 2 saturated carbocycles. The number of anilines is 6. The highest BCUT2D eigenvalue weighted by atomic mass is 16.3. The quantitative estimate of drug-likeness (QED) is 0.128. The van der Waals surface area contributed by atoms with Crippen molar-refractivity contribution < 1.29 is 8.83 Å². The highest BCUT2D eigenvalue weighted by Crippen LogP contribution is 2.52. The van der Waals surface area contributed by atoms with Crippen molar-refractivity contribution in [2.45, 2.75) is 103 Å². The molecule has 0 atom stereocenters. The fraction of sp³-hybridized carbons (Fsp3) is 0.235. The molecule has 2 aliphatic carbocycles. The molecule has 10 aromatic carbocycles. The summed E-state index contributed by atoms with van der Waals surface area (Å²) >= 11 is 0. The zero-order chi connectivity index (χ0) is 48.2. The average molecular weight is 937 g/mol. The molecule has 0 unspecified atom stereocenters. The number of benzene rings is 10. The standard InChI is InChI=1S/C68H60N2O2/c1-41(2)43-25-33-49(34-26-43)69(61-23-11-21-55-53-19-9-17-51(45-13-5-6-14-45)65(53)71-67(55)61)59-39-31-47-30-38-58-60(40-32-48-29-37-57(59)63(47)64(48)58)70(50-35-27-44(28-36-50)42(3)4)62-24-12-22-56-54-20-10-18-52(46-15-7-8-16-46)66(54)72-68(56)62/h9-12,17-42,45-46H,5-8,13-16H2,1-4H3. The van der Waals surface area contributed by atoms with E-state index in [1.54, 1.807) is 0 Å². The summed E-state index contributed by atoms with van der Waals surface area (Å²) < 4.78 is 14.4. The third-order valence-electron chi connectivity index (χ3n) is 16.9. The van der Waals surface area contributed by atoms with Crippen LogP contribution in [0.5, 0.6) is 0 Å². The predicted octanol–water partition coefficient (Wildman–Crippen LogP) is 20.9. The maximum absolute atomic E-state index is 7.21. The Bertz CT molecular complexity index is 3750. The molecular weight excluding hydrogens is 877 g/mol. The molecule has 0 aliphatic heterocycles. The van der Waals surface area contributed by atoms with Gasteiger partial charge in [0.2, 0.25) is 0 Å². The van der Waals surface area contributed by atoms with Crippen molar-refractivity contribution in [3.8, 4) is 0 Å². The van der Waals surface area contributed by atoms with Gasteiger partial charge in [-0.15, -0.1) is 0 Å². The second-order valence-corrected chi connectivity index (χ2v) is 21.7. The minimum atomic E-state index is 0.421. The van der Waals surface area contributed by atoms with Gasteiger partial charge in [0.25, 0.3) is 0 Å². The van der Waals surface area contributed by atoms with Crippen LogP contribution in [0.2, 0.25) is 0 Å². The predicted molar refractivity (Wildman–Crippen MR) is 305 cm³/mol. The van der Waals surface area contributed by atoms with E-state index >= 15 is 0 Å². The molecule has 354 valence electrons. The van der Waals surface area contributed by atoms with E-state index in [4.69, 9.17) is 8.83 Å². The lowest BCUT2D eigenvalue weighted by molar-refractivity contribution is 0.643. The third-order valence-corrected chi connectivity index (χ3v) is 16.9. The number of fused-ring (bicyclic) bond motifs is 6. The van der Waals surface area contributed by atoms with Crippen molar-refractivity contribution in [1.82, 2.24) is 0 Å². The first kappa shape index (κ1) is 43.2. The van der Waals surface area contributed by atoms with Gasteiger partial charge in [-0.1, -0.05) is 175 Å². The van der Waals surface area contributed by atoms with E-state index in [0.29, 0.717) is 23.7 Å². The Morgan fingerprint density at radius 3 is 1.10 bits per heavy atom. The molecule has 0 saturated heterocycles. The Labute approximate surface area is 421 Å². The number of furan rings is 2. The van der Waals surface area contributed by atoms with Gasteiger partial charge >= 0.3 is 0 Å². The van der Waals surface area contributed by atoms with Crippen molar-refractivity contribution in [1.29, 1.82) is 0 Å². The summed E-state index contributed by atoms with van der Waals surface area (Å²) in [5.41, 5.74) is 15.8. The largest absolute Gasteiger partial charge is 0.454 e. The fourth-order valence-electron chi connectivity index (χ4n) is 13.1. The number of hydrogen-bond acceptors (Lipinski definition) is 4. The number of nitrogens with zero attached hydrogens (tertiary/aromatic N) is 2. The van der Waals surface area contributed by atoms with Crippen LogP contribution in [-0.2, 0) is 0 Å². The van der Waals surface area contributed by atoms with Gasteiger partial charge in [0, 0.05) is 43.7 Å². The summed E-state index contributed by atoms with van der Waals surface area (Å²) in [4.78, 5) is 4.92. The lowest BCUT2D eigenvalue weighted by atomic mass is 9.91. The van der Waals surface area contributed by atoms with Gasteiger partial charge < -0.3 is 18.6 Å². The maximum atomic E-state index is 7.21. The molecule has 4 heteroatoms. The molecule has 2 heterocycles. The third kappa shape index (κ3) is 6.78. The molecule has 0 spiro atoms. The highest BCUT2D eigenvalue weighted by molar-refractivity contribution is 6.29. The van der Waals surface area contributed by atoms with Crippen LogP contribution in [0.25, 0.3) is 76.2 Å². The Morgan fingerprint density at radius 1 is 0.347 bits per heavy atom. The monoisotopic (exact) mass is 936 g/mol. The second-order valence-electron chi connectivity index (χ2n) is 21.7. The zero-order valence-electron chi connectivity index (χ0n) is 41.8. The Kier molecular flexibility index (Phi) is 10.2. The van der Waals surface area contributed by atoms with Crippen LogP contribution in [0.15, 0.2) is 179 Å². The summed E-state index contributed by atoms with van der Waals surface area (Å²) in [6.45, 7) is 9.08. The molecule has 72 heavy (non-hydrogen) atoms. The lowest BCUT2D eigenvalue weighted by Crippen LogP contribution is -2.12. The maximum Gasteiger partial charge on any atom is 0.159 e. The van der Waals surface area contributed by atoms with Gasteiger partial charge in [-0.05, 0) is 142 Å². The number of hydrogen-bond donors (Lipinski definition) is 0. The van der Waals surface area contributed by atoms with Crippen molar-refractivity contribution in [3.63, 3.8) is 0 Å². The first-order chi connectivity index (χ1) is 35.4. The number of rotatable bonds is 10. The molecule has 2 aliphatic rings. The van der Waals surface area contributed by atoms with Crippen LogP contribution in [-0.4, -0.2) is 0 Å². The van der Waals surface area contributed by atoms with E-state index in [0.717, 1.165) is 67.2 Å². The molecule has 4 nitrogen and oxygen atoms in total.